The Labute approximate surface area is 89.3 Å². The molecule has 4 nitrogen and oxygen atoms in total. The van der Waals surface area contributed by atoms with Crippen molar-refractivity contribution in [3.8, 4) is 0 Å². The summed E-state index contributed by atoms with van der Waals surface area (Å²) in [5.74, 6) is -0.0308. The highest BCUT2D eigenvalue weighted by Crippen LogP contribution is 2.00. The van der Waals surface area contributed by atoms with Crippen molar-refractivity contribution in [2.75, 3.05) is 27.3 Å². The minimum absolute atomic E-state index is 0.0308. The van der Waals surface area contributed by atoms with Crippen LogP contribution in [-0.2, 0) is 9.47 Å². The smallest absolute Gasteiger partial charge is 0.136 e. The van der Waals surface area contributed by atoms with Crippen LogP contribution in [0, 0.1) is 0 Å². The number of hydrogen-bond donors (Lipinski definition) is 2. The first-order valence-electron chi connectivity index (χ1n) is 4.97. The largest absolute Gasteiger partial charge is 0.360 e. The Kier molecular flexibility index (Phi) is 9.64. The van der Waals surface area contributed by atoms with Crippen molar-refractivity contribution >= 4 is 9.52 Å². The van der Waals surface area contributed by atoms with Gasteiger partial charge < -0.3 is 20.5 Å². The SMILES string of the molecule is COC(OC)[Si]CCC(C)NCCN. The van der Waals surface area contributed by atoms with Gasteiger partial charge in [0.15, 0.2) is 0 Å². The van der Waals surface area contributed by atoms with E-state index in [4.69, 9.17) is 15.2 Å². The van der Waals surface area contributed by atoms with E-state index in [1.54, 1.807) is 14.2 Å². The Bertz CT molecular complexity index is 123. The lowest BCUT2D eigenvalue weighted by molar-refractivity contribution is -0.0441. The van der Waals surface area contributed by atoms with Crippen molar-refractivity contribution in [2.24, 2.45) is 5.73 Å². The molecule has 14 heavy (non-hydrogen) atoms. The second-order valence-corrected chi connectivity index (χ2v) is 4.57. The fourth-order valence-corrected chi connectivity index (χ4v) is 2.28. The highest BCUT2D eigenvalue weighted by atomic mass is 28.2. The van der Waals surface area contributed by atoms with E-state index in [0.29, 0.717) is 22.1 Å². The minimum Gasteiger partial charge on any atom is -0.360 e. The first-order chi connectivity index (χ1) is 6.74. The van der Waals surface area contributed by atoms with Crippen LogP contribution in [0.5, 0.6) is 0 Å². The van der Waals surface area contributed by atoms with Crippen molar-refractivity contribution in [1.29, 1.82) is 0 Å². The van der Waals surface area contributed by atoms with Gasteiger partial charge in [-0.05, 0) is 13.3 Å². The maximum Gasteiger partial charge on any atom is 0.136 e. The van der Waals surface area contributed by atoms with Crippen molar-refractivity contribution in [2.45, 2.75) is 31.3 Å². The van der Waals surface area contributed by atoms with Crippen LogP contribution >= 0.6 is 0 Å². The normalized spacial score (nSPS) is 13.5. The summed E-state index contributed by atoms with van der Waals surface area (Å²) in [5.41, 5.74) is 5.40. The van der Waals surface area contributed by atoms with Crippen molar-refractivity contribution in [3.63, 3.8) is 0 Å². The van der Waals surface area contributed by atoms with Crippen molar-refractivity contribution < 1.29 is 9.47 Å². The van der Waals surface area contributed by atoms with Gasteiger partial charge in [0.2, 0.25) is 0 Å². The molecule has 0 fully saturated rings. The quantitative estimate of drug-likeness (QED) is 0.423. The molecule has 0 aliphatic rings. The lowest BCUT2D eigenvalue weighted by atomic mass is 10.2. The first kappa shape index (κ1) is 14.1. The van der Waals surface area contributed by atoms with Gasteiger partial charge in [0.25, 0.3) is 0 Å². The zero-order valence-corrected chi connectivity index (χ0v) is 10.4. The van der Waals surface area contributed by atoms with Gasteiger partial charge in [-0.2, -0.15) is 0 Å². The van der Waals surface area contributed by atoms with Crippen LogP contribution in [0.4, 0.5) is 0 Å². The molecule has 0 heterocycles. The predicted octanol–water partition coefficient (Wildman–Crippen LogP) is 0.0122. The zero-order chi connectivity index (χ0) is 10.8. The molecule has 1 unspecified atom stereocenters. The summed E-state index contributed by atoms with van der Waals surface area (Å²) in [6.45, 7) is 3.77. The summed E-state index contributed by atoms with van der Waals surface area (Å²) < 4.78 is 10.2. The summed E-state index contributed by atoms with van der Waals surface area (Å²) in [7, 11) is 4.06. The second-order valence-electron chi connectivity index (χ2n) is 3.19. The van der Waals surface area contributed by atoms with E-state index in [9.17, 15) is 0 Å². The van der Waals surface area contributed by atoms with E-state index < -0.39 is 0 Å². The van der Waals surface area contributed by atoms with Crippen LogP contribution in [-0.4, -0.2) is 48.8 Å². The maximum atomic E-state index is 5.40. The molecule has 0 aromatic carbocycles. The van der Waals surface area contributed by atoms with E-state index in [1.807, 2.05) is 0 Å². The first-order valence-corrected chi connectivity index (χ1v) is 6.25. The molecule has 2 radical (unpaired) electrons. The molecule has 0 aromatic rings. The third-order valence-electron chi connectivity index (χ3n) is 1.95. The van der Waals surface area contributed by atoms with Crippen LogP contribution in [0.25, 0.3) is 0 Å². The molecule has 0 saturated heterocycles. The molecule has 5 heteroatoms. The molecule has 0 rings (SSSR count). The number of rotatable bonds is 9. The van der Waals surface area contributed by atoms with Gasteiger partial charge in [0.05, 0.1) is 0 Å². The highest BCUT2D eigenvalue weighted by Gasteiger charge is 2.07. The lowest BCUT2D eigenvalue weighted by Gasteiger charge is -2.15. The number of nitrogens with one attached hydrogen (secondary N) is 1. The van der Waals surface area contributed by atoms with Gasteiger partial charge in [0, 0.05) is 33.4 Å². The monoisotopic (exact) mass is 218 g/mol. The summed E-state index contributed by atoms with van der Waals surface area (Å²) >= 11 is 0. The molecular formula is C9H22N2O2Si. The minimum atomic E-state index is -0.0308. The molecule has 0 spiro atoms. The molecule has 84 valence electrons. The Morgan fingerprint density at radius 1 is 1.36 bits per heavy atom. The van der Waals surface area contributed by atoms with Gasteiger partial charge in [-0.3, -0.25) is 0 Å². The van der Waals surface area contributed by atoms with Crippen LogP contribution in [0.2, 0.25) is 6.04 Å². The maximum absolute atomic E-state index is 5.40. The Morgan fingerprint density at radius 2 is 2.00 bits per heavy atom. The average molecular weight is 218 g/mol. The number of hydrogen-bond acceptors (Lipinski definition) is 4. The summed E-state index contributed by atoms with van der Waals surface area (Å²) in [6, 6.07) is 1.66. The number of nitrogens with two attached hydrogens (primary N) is 1. The molecule has 0 aliphatic carbocycles. The Morgan fingerprint density at radius 3 is 2.50 bits per heavy atom. The van der Waals surface area contributed by atoms with E-state index in [2.05, 4.69) is 12.2 Å². The van der Waals surface area contributed by atoms with Crippen molar-refractivity contribution in [3.05, 3.63) is 0 Å². The molecule has 0 bridgehead atoms. The molecule has 1 atom stereocenters. The second kappa shape index (κ2) is 9.61. The van der Waals surface area contributed by atoms with Gasteiger partial charge in [0.1, 0.15) is 15.4 Å². The molecule has 0 aromatic heterocycles. The van der Waals surface area contributed by atoms with E-state index in [0.717, 1.165) is 19.0 Å². The number of methoxy groups -OCH3 is 2. The van der Waals surface area contributed by atoms with Crippen LogP contribution in [0.15, 0.2) is 0 Å². The lowest BCUT2D eigenvalue weighted by Crippen LogP contribution is -2.32. The van der Waals surface area contributed by atoms with Gasteiger partial charge >= 0.3 is 0 Å². The van der Waals surface area contributed by atoms with Gasteiger partial charge in [-0.25, -0.2) is 0 Å². The molecule has 3 N–H and O–H groups in total. The molecule has 0 saturated carbocycles. The fraction of sp³-hybridized carbons (Fsp3) is 1.00. The van der Waals surface area contributed by atoms with E-state index in [1.165, 1.54) is 0 Å². The Balaban J connectivity index is 3.33. The standard InChI is InChI=1S/C9H22N2O2Si/c1-8(11-6-5-10)4-7-14-9(12-2)13-3/h8-9,11H,4-7,10H2,1-3H3. The van der Waals surface area contributed by atoms with Crippen molar-refractivity contribution in [1.82, 2.24) is 5.32 Å². The zero-order valence-electron chi connectivity index (χ0n) is 9.38. The van der Waals surface area contributed by atoms with Crippen LogP contribution in [0.1, 0.15) is 13.3 Å². The topological polar surface area (TPSA) is 56.5 Å². The van der Waals surface area contributed by atoms with Crippen LogP contribution in [0.3, 0.4) is 0 Å². The van der Waals surface area contributed by atoms with Crippen LogP contribution < -0.4 is 11.1 Å². The highest BCUT2D eigenvalue weighted by molar-refractivity contribution is 6.36. The number of ether oxygens (including phenoxy) is 2. The van der Waals surface area contributed by atoms with Gasteiger partial charge in [-0.1, -0.05) is 6.04 Å². The summed E-state index contributed by atoms with van der Waals surface area (Å²) in [4.78, 5) is 0. The molecular weight excluding hydrogens is 196 g/mol. The third kappa shape index (κ3) is 7.46. The third-order valence-corrected chi connectivity index (χ3v) is 3.34. The van der Waals surface area contributed by atoms with E-state index >= 15 is 0 Å². The Hall–Kier alpha value is 0.0569. The van der Waals surface area contributed by atoms with E-state index in [-0.39, 0.29) is 5.91 Å². The summed E-state index contributed by atoms with van der Waals surface area (Å²) in [6.07, 6.45) is 1.14. The average Bonchev–Trinajstić information content (AvgIpc) is 2.21. The fourth-order valence-electron chi connectivity index (χ4n) is 1.11. The van der Waals surface area contributed by atoms with Gasteiger partial charge in [-0.15, -0.1) is 0 Å². The molecule has 0 aliphatic heterocycles. The molecule has 0 amide bonds. The predicted molar refractivity (Wildman–Crippen MR) is 59.5 cm³/mol. The summed E-state index contributed by atoms with van der Waals surface area (Å²) in [5, 5.41) is 3.34.